The molecule has 0 unspecified atom stereocenters. The first-order valence-electron chi connectivity index (χ1n) is 8.04. The number of rotatable bonds is 7. The maximum Gasteiger partial charge on any atom is 0.335 e. The Kier molecular flexibility index (Phi) is 5.86. The highest BCUT2D eigenvalue weighted by Gasteiger charge is 2.11. The van der Waals surface area contributed by atoms with Gasteiger partial charge in [0.1, 0.15) is 6.61 Å². The van der Waals surface area contributed by atoms with Crippen molar-refractivity contribution < 1.29 is 14.6 Å². The molecule has 5 nitrogen and oxygen atoms in total. The summed E-state index contributed by atoms with van der Waals surface area (Å²) in [6.45, 7) is 0.427. The third-order valence-corrected chi connectivity index (χ3v) is 4.36. The summed E-state index contributed by atoms with van der Waals surface area (Å²) in [7, 11) is 0. The molecule has 0 atom stereocenters. The highest BCUT2D eigenvalue weighted by molar-refractivity contribution is 7.98. The predicted molar refractivity (Wildman–Crippen MR) is 101 cm³/mol. The molecule has 0 aliphatic carbocycles. The molecule has 6 heteroatoms. The SMILES string of the molecule is CSc1ncc(Cc2ccc(C(=O)O)cc2)c(OCc2ccccc2)n1. The molecule has 1 aromatic heterocycles. The average Bonchev–Trinajstić information content (AvgIpc) is 2.68. The Morgan fingerprint density at radius 3 is 2.46 bits per heavy atom. The van der Waals surface area contributed by atoms with Crippen LogP contribution in [0.3, 0.4) is 0 Å². The molecular weight excluding hydrogens is 348 g/mol. The van der Waals surface area contributed by atoms with Gasteiger partial charge in [-0.05, 0) is 29.5 Å². The van der Waals surface area contributed by atoms with E-state index in [2.05, 4.69) is 9.97 Å². The van der Waals surface area contributed by atoms with E-state index in [9.17, 15) is 4.79 Å². The monoisotopic (exact) mass is 366 g/mol. The molecule has 3 rings (SSSR count). The Morgan fingerprint density at radius 1 is 1.08 bits per heavy atom. The molecule has 26 heavy (non-hydrogen) atoms. The largest absolute Gasteiger partial charge is 0.478 e. The molecule has 1 N–H and O–H groups in total. The van der Waals surface area contributed by atoms with Crippen LogP contribution in [0.1, 0.15) is 27.0 Å². The summed E-state index contributed by atoms with van der Waals surface area (Å²) in [5.41, 5.74) is 3.17. The molecule has 1 heterocycles. The summed E-state index contributed by atoms with van der Waals surface area (Å²) in [5.74, 6) is -0.383. The minimum atomic E-state index is -0.934. The van der Waals surface area contributed by atoms with Crippen molar-refractivity contribution in [3.05, 3.63) is 83.0 Å². The zero-order valence-corrected chi connectivity index (χ0v) is 15.1. The molecule has 0 aliphatic rings. The molecule has 0 saturated carbocycles. The lowest BCUT2D eigenvalue weighted by atomic mass is 10.1. The summed E-state index contributed by atoms with van der Waals surface area (Å²) >= 11 is 1.46. The van der Waals surface area contributed by atoms with Gasteiger partial charge in [0, 0.05) is 18.2 Å². The third-order valence-electron chi connectivity index (χ3n) is 3.80. The Labute approximate surface area is 156 Å². The summed E-state index contributed by atoms with van der Waals surface area (Å²) in [5, 5.41) is 9.65. The maximum atomic E-state index is 11.0. The first kappa shape index (κ1) is 17.9. The van der Waals surface area contributed by atoms with Crippen molar-refractivity contribution in [3.63, 3.8) is 0 Å². The van der Waals surface area contributed by atoms with Crippen molar-refractivity contribution in [1.82, 2.24) is 9.97 Å². The predicted octanol–water partition coefficient (Wildman–Crippen LogP) is 4.07. The molecule has 0 spiro atoms. The lowest BCUT2D eigenvalue weighted by Gasteiger charge is -2.11. The number of carbonyl (C=O) groups is 1. The molecule has 0 aliphatic heterocycles. The molecule has 0 bridgehead atoms. The highest BCUT2D eigenvalue weighted by atomic mass is 32.2. The average molecular weight is 366 g/mol. The topological polar surface area (TPSA) is 72.3 Å². The van der Waals surface area contributed by atoms with Crippen molar-refractivity contribution in [1.29, 1.82) is 0 Å². The normalized spacial score (nSPS) is 10.5. The van der Waals surface area contributed by atoms with Crippen LogP contribution in [0.25, 0.3) is 0 Å². The van der Waals surface area contributed by atoms with Crippen molar-refractivity contribution in [3.8, 4) is 5.88 Å². The van der Waals surface area contributed by atoms with Crippen molar-refractivity contribution >= 4 is 17.7 Å². The van der Waals surface area contributed by atoms with E-state index >= 15 is 0 Å². The van der Waals surface area contributed by atoms with Gasteiger partial charge in [0.25, 0.3) is 0 Å². The Balaban J connectivity index is 1.80. The Hall–Kier alpha value is -2.86. The molecule has 0 saturated heterocycles. The molecular formula is C20H18N2O3S. The zero-order chi connectivity index (χ0) is 18.4. The molecule has 2 aromatic carbocycles. The van der Waals surface area contributed by atoms with E-state index in [0.717, 1.165) is 16.7 Å². The van der Waals surface area contributed by atoms with E-state index < -0.39 is 5.97 Å². The molecule has 132 valence electrons. The standard InChI is InChI=1S/C20H18N2O3S/c1-26-20-21-12-17(11-14-7-9-16(10-8-14)19(23)24)18(22-20)25-13-15-5-3-2-4-6-15/h2-10,12H,11,13H2,1H3,(H,23,24). The van der Waals surface area contributed by atoms with Gasteiger partial charge in [0.05, 0.1) is 5.56 Å². The molecule has 0 fully saturated rings. The Morgan fingerprint density at radius 2 is 1.81 bits per heavy atom. The lowest BCUT2D eigenvalue weighted by Crippen LogP contribution is -2.04. The van der Waals surface area contributed by atoms with E-state index in [0.29, 0.717) is 24.1 Å². The first-order valence-corrected chi connectivity index (χ1v) is 9.27. The third kappa shape index (κ3) is 4.61. The van der Waals surface area contributed by atoms with Crippen molar-refractivity contribution in [2.45, 2.75) is 18.2 Å². The number of aromatic carboxylic acids is 1. The smallest absolute Gasteiger partial charge is 0.335 e. The van der Waals surface area contributed by atoms with E-state index in [1.165, 1.54) is 11.8 Å². The number of nitrogens with zero attached hydrogens (tertiary/aromatic N) is 2. The van der Waals surface area contributed by atoms with E-state index in [1.54, 1.807) is 30.5 Å². The van der Waals surface area contributed by atoms with Crippen LogP contribution >= 0.6 is 11.8 Å². The quantitative estimate of drug-likeness (QED) is 0.502. The summed E-state index contributed by atoms with van der Waals surface area (Å²) in [6.07, 6.45) is 4.25. The fraction of sp³-hybridized carbons (Fsp3) is 0.150. The van der Waals surface area contributed by atoms with Gasteiger partial charge in [-0.2, -0.15) is 4.98 Å². The van der Waals surface area contributed by atoms with Crippen LogP contribution in [-0.2, 0) is 13.0 Å². The van der Waals surface area contributed by atoms with E-state index in [1.807, 2.05) is 36.6 Å². The van der Waals surface area contributed by atoms with Gasteiger partial charge in [-0.15, -0.1) is 0 Å². The summed E-state index contributed by atoms with van der Waals surface area (Å²) < 4.78 is 5.94. The number of carboxylic acid groups (broad SMARTS) is 1. The van der Waals surface area contributed by atoms with E-state index in [-0.39, 0.29) is 5.56 Å². The van der Waals surface area contributed by atoms with Crippen LogP contribution < -0.4 is 4.74 Å². The van der Waals surface area contributed by atoms with Crippen LogP contribution in [0.5, 0.6) is 5.88 Å². The van der Waals surface area contributed by atoms with E-state index in [4.69, 9.17) is 9.84 Å². The first-order chi connectivity index (χ1) is 12.7. The Bertz CT molecular complexity index is 883. The summed E-state index contributed by atoms with van der Waals surface area (Å²) in [4.78, 5) is 19.8. The second-order valence-corrected chi connectivity index (χ2v) is 6.41. The van der Waals surface area contributed by atoms with Crippen LogP contribution in [0.4, 0.5) is 0 Å². The minimum absolute atomic E-state index is 0.267. The van der Waals surface area contributed by atoms with Crippen LogP contribution in [0, 0.1) is 0 Å². The number of hydrogen-bond donors (Lipinski definition) is 1. The number of benzene rings is 2. The van der Waals surface area contributed by atoms with Gasteiger partial charge < -0.3 is 9.84 Å². The number of hydrogen-bond acceptors (Lipinski definition) is 5. The van der Waals surface area contributed by atoms with Crippen LogP contribution in [0.2, 0.25) is 0 Å². The highest BCUT2D eigenvalue weighted by Crippen LogP contribution is 2.23. The van der Waals surface area contributed by atoms with Crippen LogP contribution in [-0.4, -0.2) is 27.3 Å². The molecule has 0 amide bonds. The lowest BCUT2D eigenvalue weighted by molar-refractivity contribution is 0.0697. The number of carboxylic acids is 1. The minimum Gasteiger partial charge on any atom is -0.478 e. The van der Waals surface area contributed by atoms with Crippen molar-refractivity contribution in [2.24, 2.45) is 0 Å². The molecule has 0 radical (unpaired) electrons. The fourth-order valence-electron chi connectivity index (χ4n) is 2.43. The maximum absolute atomic E-state index is 11.0. The van der Waals surface area contributed by atoms with Gasteiger partial charge in [-0.3, -0.25) is 0 Å². The second kappa shape index (κ2) is 8.49. The number of ether oxygens (including phenoxy) is 1. The van der Waals surface area contributed by atoms with Gasteiger partial charge in [-0.25, -0.2) is 9.78 Å². The van der Waals surface area contributed by atoms with Gasteiger partial charge in [-0.1, -0.05) is 54.2 Å². The van der Waals surface area contributed by atoms with Crippen LogP contribution in [0.15, 0.2) is 66.0 Å². The van der Waals surface area contributed by atoms with Gasteiger partial charge >= 0.3 is 5.97 Å². The number of aromatic nitrogens is 2. The summed E-state index contributed by atoms with van der Waals surface area (Å²) in [6, 6.07) is 16.7. The fourth-order valence-corrected chi connectivity index (χ4v) is 2.76. The molecule has 3 aromatic rings. The number of thioether (sulfide) groups is 1. The van der Waals surface area contributed by atoms with Crippen molar-refractivity contribution in [2.75, 3.05) is 6.26 Å². The second-order valence-electron chi connectivity index (χ2n) is 5.64. The van der Waals surface area contributed by atoms with Gasteiger partial charge in [0.15, 0.2) is 5.16 Å². The van der Waals surface area contributed by atoms with Gasteiger partial charge in [0.2, 0.25) is 5.88 Å². The zero-order valence-electron chi connectivity index (χ0n) is 14.3.